The van der Waals surface area contributed by atoms with Gasteiger partial charge in [0.1, 0.15) is 11.5 Å². The number of pyridine rings is 1. The van der Waals surface area contributed by atoms with Crippen molar-refractivity contribution in [1.82, 2.24) is 10.3 Å². The maximum atomic E-state index is 12.4. The third-order valence-electron chi connectivity index (χ3n) is 3.40. The van der Waals surface area contributed by atoms with Crippen LogP contribution in [0.3, 0.4) is 0 Å². The van der Waals surface area contributed by atoms with Gasteiger partial charge >= 0.3 is 6.36 Å². The van der Waals surface area contributed by atoms with Crippen LogP contribution in [0.5, 0.6) is 11.5 Å². The SMILES string of the molecule is COCOc1ccc(OC(F)(F)F)cc1CCNC(=O)C=Cc1cccnc1. The third kappa shape index (κ3) is 7.67. The van der Waals surface area contributed by atoms with Gasteiger partial charge in [0.05, 0.1) is 0 Å². The highest BCUT2D eigenvalue weighted by atomic mass is 19.4. The predicted molar refractivity (Wildman–Crippen MR) is 95.6 cm³/mol. The van der Waals surface area contributed by atoms with Crippen molar-refractivity contribution in [3.63, 3.8) is 0 Å². The number of amides is 1. The number of hydrogen-bond acceptors (Lipinski definition) is 5. The van der Waals surface area contributed by atoms with Gasteiger partial charge in [0.2, 0.25) is 5.91 Å². The monoisotopic (exact) mass is 396 g/mol. The number of carbonyl (C=O) groups excluding carboxylic acids is 1. The number of hydrogen-bond donors (Lipinski definition) is 1. The molecule has 2 aromatic rings. The molecule has 0 unspecified atom stereocenters. The zero-order chi connectivity index (χ0) is 20.4. The minimum absolute atomic E-state index is 0.0628. The lowest BCUT2D eigenvalue weighted by Gasteiger charge is -2.14. The number of nitrogens with zero attached hydrogens (tertiary/aromatic N) is 1. The minimum atomic E-state index is -4.79. The topological polar surface area (TPSA) is 69.7 Å². The van der Waals surface area contributed by atoms with Crippen LogP contribution in [0.15, 0.2) is 48.8 Å². The molecular formula is C19H19F3N2O4. The van der Waals surface area contributed by atoms with Crippen molar-refractivity contribution < 1.29 is 32.2 Å². The van der Waals surface area contributed by atoms with Gasteiger partial charge in [-0.2, -0.15) is 0 Å². The van der Waals surface area contributed by atoms with Gasteiger partial charge in [-0.25, -0.2) is 0 Å². The van der Waals surface area contributed by atoms with Crippen LogP contribution in [-0.4, -0.2) is 37.7 Å². The summed E-state index contributed by atoms with van der Waals surface area (Å²) in [4.78, 5) is 15.8. The van der Waals surface area contributed by atoms with E-state index in [0.29, 0.717) is 11.3 Å². The van der Waals surface area contributed by atoms with Gasteiger partial charge in [-0.05, 0) is 47.9 Å². The van der Waals surface area contributed by atoms with E-state index in [1.807, 2.05) is 0 Å². The average molecular weight is 396 g/mol. The molecule has 9 heteroatoms. The summed E-state index contributed by atoms with van der Waals surface area (Å²) in [7, 11) is 1.43. The van der Waals surface area contributed by atoms with E-state index in [1.54, 1.807) is 30.6 Å². The Morgan fingerprint density at radius 3 is 2.79 bits per heavy atom. The summed E-state index contributed by atoms with van der Waals surface area (Å²) in [6.07, 6.45) is 1.63. The number of halogens is 3. The molecule has 0 spiro atoms. The van der Waals surface area contributed by atoms with E-state index in [-0.39, 0.29) is 31.4 Å². The molecule has 0 aliphatic heterocycles. The Morgan fingerprint density at radius 2 is 2.11 bits per heavy atom. The van der Waals surface area contributed by atoms with E-state index >= 15 is 0 Å². The van der Waals surface area contributed by atoms with Gasteiger partial charge in [0.25, 0.3) is 0 Å². The molecule has 2 rings (SSSR count). The molecule has 1 heterocycles. The lowest BCUT2D eigenvalue weighted by Crippen LogP contribution is -2.24. The fraction of sp³-hybridized carbons (Fsp3) is 0.263. The first-order valence-electron chi connectivity index (χ1n) is 8.24. The third-order valence-corrected chi connectivity index (χ3v) is 3.40. The second-order valence-electron chi connectivity index (χ2n) is 5.53. The average Bonchev–Trinajstić information content (AvgIpc) is 2.65. The molecule has 1 amide bonds. The molecule has 0 radical (unpaired) electrons. The molecule has 28 heavy (non-hydrogen) atoms. The highest BCUT2D eigenvalue weighted by Gasteiger charge is 2.31. The number of aromatic nitrogens is 1. The van der Waals surface area contributed by atoms with Gasteiger partial charge in [-0.15, -0.1) is 13.2 Å². The summed E-state index contributed by atoms with van der Waals surface area (Å²) >= 11 is 0. The number of nitrogens with one attached hydrogen (secondary N) is 1. The lowest BCUT2D eigenvalue weighted by atomic mass is 10.1. The zero-order valence-corrected chi connectivity index (χ0v) is 15.0. The Kier molecular flexibility index (Phi) is 7.82. The molecule has 0 bridgehead atoms. The first kappa shape index (κ1) is 21.2. The summed E-state index contributed by atoms with van der Waals surface area (Å²) in [5.41, 5.74) is 1.21. The van der Waals surface area contributed by atoms with Crippen molar-refractivity contribution in [2.45, 2.75) is 12.8 Å². The smallest absolute Gasteiger partial charge is 0.467 e. The van der Waals surface area contributed by atoms with Crippen molar-refractivity contribution in [1.29, 1.82) is 0 Å². The number of ether oxygens (including phenoxy) is 3. The molecule has 0 saturated heterocycles. The van der Waals surface area contributed by atoms with Crippen LogP contribution in [0, 0.1) is 0 Å². The van der Waals surface area contributed by atoms with Crippen LogP contribution in [0.4, 0.5) is 13.2 Å². The standard InChI is InChI=1S/C19H19F3N2O4/c1-26-13-27-17-6-5-16(28-19(20,21)22)11-15(17)8-10-24-18(25)7-4-14-3-2-9-23-12-14/h2-7,9,11-12H,8,10,13H2,1H3,(H,24,25). The van der Waals surface area contributed by atoms with E-state index < -0.39 is 6.36 Å². The first-order chi connectivity index (χ1) is 13.4. The summed E-state index contributed by atoms with van der Waals surface area (Å²) in [5, 5.41) is 2.66. The Hall–Kier alpha value is -3.07. The fourth-order valence-electron chi connectivity index (χ4n) is 2.24. The van der Waals surface area contributed by atoms with Crippen LogP contribution in [-0.2, 0) is 16.0 Å². The second-order valence-corrected chi connectivity index (χ2v) is 5.53. The predicted octanol–water partition coefficient (Wildman–Crippen LogP) is 3.34. The van der Waals surface area contributed by atoms with Gasteiger partial charge in [-0.3, -0.25) is 9.78 Å². The Morgan fingerprint density at radius 1 is 1.29 bits per heavy atom. The molecule has 1 N–H and O–H groups in total. The molecular weight excluding hydrogens is 377 g/mol. The Labute approximate surface area is 159 Å². The van der Waals surface area contributed by atoms with E-state index in [9.17, 15) is 18.0 Å². The van der Waals surface area contributed by atoms with Crippen LogP contribution in [0.1, 0.15) is 11.1 Å². The number of rotatable bonds is 9. The van der Waals surface area contributed by atoms with Crippen LogP contribution < -0.4 is 14.8 Å². The lowest BCUT2D eigenvalue weighted by molar-refractivity contribution is -0.274. The summed E-state index contributed by atoms with van der Waals surface area (Å²) in [6, 6.07) is 7.27. The molecule has 0 saturated carbocycles. The van der Waals surface area contributed by atoms with Crippen molar-refractivity contribution >= 4 is 12.0 Å². The largest absolute Gasteiger partial charge is 0.573 e. The molecule has 1 aromatic carbocycles. The maximum Gasteiger partial charge on any atom is 0.573 e. The fourth-order valence-corrected chi connectivity index (χ4v) is 2.24. The van der Waals surface area contributed by atoms with Gasteiger partial charge in [0, 0.05) is 32.1 Å². The van der Waals surface area contributed by atoms with Gasteiger partial charge < -0.3 is 19.5 Å². The quantitative estimate of drug-likeness (QED) is 0.520. The van der Waals surface area contributed by atoms with Gasteiger partial charge in [-0.1, -0.05) is 6.07 Å². The molecule has 0 fully saturated rings. The van der Waals surface area contributed by atoms with E-state index in [4.69, 9.17) is 9.47 Å². The Bertz CT molecular complexity index is 796. The number of benzene rings is 1. The number of methoxy groups -OCH3 is 1. The van der Waals surface area contributed by atoms with Crippen LogP contribution in [0.25, 0.3) is 6.08 Å². The van der Waals surface area contributed by atoms with Crippen molar-refractivity contribution in [3.8, 4) is 11.5 Å². The van der Waals surface area contributed by atoms with Gasteiger partial charge in [0.15, 0.2) is 6.79 Å². The number of alkyl halides is 3. The molecule has 6 nitrogen and oxygen atoms in total. The summed E-state index contributed by atoms with van der Waals surface area (Å²) in [5.74, 6) is -0.363. The number of carbonyl (C=O) groups is 1. The molecule has 0 atom stereocenters. The second kappa shape index (κ2) is 10.3. The molecule has 150 valence electrons. The van der Waals surface area contributed by atoms with Crippen LogP contribution >= 0.6 is 0 Å². The summed E-state index contributed by atoms with van der Waals surface area (Å²) < 4.78 is 51.3. The van der Waals surface area contributed by atoms with Crippen molar-refractivity contribution in [2.24, 2.45) is 0 Å². The summed E-state index contributed by atoms with van der Waals surface area (Å²) in [6.45, 7) is 0.127. The van der Waals surface area contributed by atoms with Crippen molar-refractivity contribution in [2.75, 3.05) is 20.4 Å². The van der Waals surface area contributed by atoms with E-state index in [2.05, 4.69) is 15.0 Å². The normalized spacial score (nSPS) is 11.4. The van der Waals surface area contributed by atoms with E-state index in [0.717, 1.165) is 11.6 Å². The van der Waals surface area contributed by atoms with E-state index in [1.165, 1.54) is 25.3 Å². The molecule has 1 aromatic heterocycles. The van der Waals surface area contributed by atoms with Crippen LogP contribution in [0.2, 0.25) is 0 Å². The zero-order valence-electron chi connectivity index (χ0n) is 15.0. The maximum absolute atomic E-state index is 12.4. The Balaban J connectivity index is 1.97. The molecule has 0 aliphatic rings. The highest BCUT2D eigenvalue weighted by Crippen LogP contribution is 2.28. The highest BCUT2D eigenvalue weighted by molar-refractivity contribution is 5.91. The minimum Gasteiger partial charge on any atom is -0.467 e. The molecule has 0 aliphatic carbocycles. The van der Waals surface area contributed by atoms with Crippen molar-refractivity contribution in [3.05, 3.63) is 59.9 Å². The first-order valence-corrected chi connectivity index (χ1v) is 8.24.